The summed E-state index contributed by atoms with van der Waals surface area (Å²) in [4.78, 5) is 24.0. The first-order chi connectivity index (χ1) is 8.02. The Labute approximate surface area is 103 Å². The van der Waals surface area contributed by atoms with Crippen LogP contribution in [0.4, 0.5) is 0 Å². The average Bonchev–Trinajstić information content (AvgIpc) is 2.30. The molecule has 5 nitrogen and oxygen atoms in total. The third-order valence-electron chi connectivity index (χ3n) is 2.75. The van der Waals surface area contributed by atoms with Gasteiger partial charge in [-0.25, -0.2) is 0 Å². The van der Waals surface area contributed by atoms with Crippen molar-refractivity contribution in [1.82, 2.24) is 10.2 Å². The van der Waals surface area contributed by atoms with E-state index in [4.69, 9.17) is 5.11 Å². The highest BCUT2D eigenvalue weighted by Gasteiger charge is 2.21. The van der Waals surface area contributed by atoms with Crippen LogP contribution in [0.25, 0.3) is 0 Å². The van der Waals surface area contributed by atoms with Crippen molar-refractivity contribution in [2.24, 2.45) is 0 Å². The SMILES string of the molecule is CCCCCNC(=O)C(C)N(CC)CC(=O)O. The highest BCUT2D eigenvalue weighted by Crippen LogP contribution is 1.99. The lowest BCUT2D eigenvalue weighted by Crippen LogP contribution is -2.47. The van der Waals surface area contributed by atoms with Crippen molar-refractivity contribution in [2.45, 2.75) is 46.1 Å². The number of amides is 1. The highest BCUT2D eigenvalue weighted by atomic mass is 16.4. The van der Waals surface area contributed by atoms with Gasteiger partial charge in [-0.3, -0.25) is 14.5 Å². The molecule has 0 spiro atoms. The lowest BCUT2D eigenvalue weighted by Gasteiger charge is -2.25. The van der Waals surface area contributed by atoms with Gasteiger partial charge in [-0.1, -0.05) is 26.7 Å². The topological polar surface area (TPSA) is 69.6 Å². The molecule has 5 heteroatoms. The zero-order chi connectivity index (χ0) is 13.3. The van der Waals surface area contributed by atoms with Crippen LogP contribution in [0.2, 0.25) is 0 Å². The molecule has 100 valence electrons. The Kier molecular flexibility index (Phi) is 8.40. The van der Waals surface area contributed by atoms with Crippen LogP contribution in [-0.4, -0.2) is 47.6 Å². The predicted octanol–water partition coefficient (Wildman–Crippen LogP) is 1.09. The Morgan fingerprint density at radius 3 is 2.41 bits per heavy atom. The van der Waals surface area contributed by atoms with E-state index in [0.717, 1.165) is 19.3 Å². The highest BCUT2D eigenvalue weighted by molar-refractivity contribution is 5.82. The summed E-state index contributed by atoms with van der Waals surface area (Å²) >= 11 is 0. The first-order valence-electron chi connectivity index (χ1n) is 6.26. The Morgan fingerprint density at radius 1 is 1.29 bits per heavy atom. The van der Waals surface area contributed by atoms with E-state index in [1.807, 2.05) is 6.92 Å². The van der Waals surface area contributed by atoms with E-state index in [9.17, 15) is 9.59 Å². The van der Waals surface area contributed by atoms with Crippen molar-refractivity contribution < 1.29 is 14.7 Å². The molecule has 0 rings (SSSR count). The van der Waals surface area contributed by atoms with Gasteiger partial charge >= 0.3 is 5.97 Å². The monoisotopic (exact) mass is 244 g/mol. The van der Waals surface area contributed by atoms with Crippen molar-refractivity contribution in [3.8, 4) is 0 Å². The molecule has 2 N–H and O–H groups in total. The zero-order valence-electron chi connectivity index (χ0n) is 11.0. The second-order valence-corrected chi connectivity index (χ2v) is 4.13. The second-order valence-electron chi connectivity index (χ2n) is 4.13. The fourth-order valence-electron chi connectivity index (χ4n) is 1.60. The van der Waals surface area contributed by atoms with Gasteiger partial charge in [0, 0.05) is 6.54 Å². The van der Waals surface area contributed by atoms with Gasteiger partial charge in [-0.05, 0) is 19.9 Å². The average molecular weight is 244 g/mol. The van der Waals surface area contributed by atoms with Gasteiger partial charge in [0.1, 0.15) is 0 Å². The summed E-state index contributed by atoms with van der Waals surface area (Å²) in [6.45, 7) is 6.82. The Hall–Kier alpha value is -1.10. The Balaban J connectivity index is 4.03. The molecule has 1 amide bonds. The van der Waals surface area contributed by atoms with E-state index in [1.54, 1.807) is 11.8 Å². The maximum absolute atomic E-state index is 11.7. The normalized spacial score (nSPS) is 12.5. The number of nitrogens with zero attached hydrogens (tertiary/aromatic N) is 1. The van der Waals surface area contributed by atoms with Crippen molar-refractivity contribution in [2.75, 3.05) is 19.6 Å². The van der Waals surface area contributed by atoms with E-state index in [0.29, 0.717) is 13.1 Å². The summed E-state index contributed by atoms with van der Waals surface area (Å²) in [5.74, 6) is -0.998. The van der Waals surface area contributed by atoms with Gasteiger partial charge < -0.3 is 10.4 Å². The summed E-state index contributed by atoms with van der Waals surface area (Å²) in [5, 5.41) is 11.6. The molecular weight excluding hydrogens is 220 g/mol. The number of aliphatic carboxylic acids is 1. The molecule has 1 atom stereocenters. The van der Waals surface area contributed by atoms with Gasteiger partial charge in [0.25, 0.3) is 0 Å². The fraction of sp³-hybridized carbons (Fsp3) is 0.833. The second kappa shape index (κ2) is 8.98. The Morgan fingerprint density at radius 2 is 1.94 bits per heavy atom. The van der Waals surface area contributed by atoms with E-state index in [2.05, 4.69) is 12.2 Å². The summed E-state index contributed by atoms with van der Waals surface area (Å²) in [7, 11) is 0. The van der Waals surface area contributed by atoms with Gasteiger partial charge in [-0.2, -0.15) is 0 Å². The molecule has 0 aliphatic rings. The van der Waals surface area contributed by atoms with Crippen molar-refractivity contribution in [3.05, 3.63) is 0 Å². The molecule has 1 unspecified atom stereocenters. The standard InChI is InChI=1S/C12H24N2O3/c1-4-6-7-8-13-12(17)10(3)14(5-2)9-11(15)16/h10H,4-9H2,1-3H3,(H,13,17)(H,15,16). The molecule has 0 saturated carbocycles. The number of carbonyl (C=O) groups is 2. The van der Waals surface area contributed by atoms with E-state index in [1.165, 1.54) is 0 Å². The van der Waals surface area contributed by atoms with Crippen LogP contribution in [-0.2, 0) is 9.59 Å². The smallest absolute Gasteiger partial charge is 0.317 e. The molecule has 0 heterocycles. The number of hydrogen-bond acceptors (Lipinski definition) is 3. The molecule has 0 saturated heterocycles. The summed E-state index contributed by atoms with van der Waals surface area (Å²) in [6, 6.07) is -0.391. The van der Waals surface area contributed by atoms with Crippen LogP contribution >= 0.6 is 0 Å². The fourth-order valence-corrected chi connectivity index (χ4v) is 1.60. The van der Waals surface area contributed by atoms with Gasteiger partial charge in [0.15, 0.2) is 0 Å². The van der Waals surface area contributed by atoms with Crippen LogP contribution in [0.3, 0.4) is 0 Å². The summed E-state index contributed by atoms with van der Waals surface area (Å²) in [6.07, 6.45) is 3.19. The number of carboxylic acid groups (broad SMARTS) is 1. The molecule has 0 radical (unpaired) electrons. The minimum absolute atomic E-state index is 0.0933. The van der Waals surface area contributed by atoms with Gasteiger partial charge in [0.05, 0.1) is 12.6 Å². The lowest BCUT2D eigenvalue weighted by molar-refractivity contribution is -0.139. The zero-order valence-corrected chi connectivity index (χ0v) is 11.0. The molecule has 0 bridgehead atoms. The van der Waals surface area contributed by atoms with Crippen molar-refractivity contribution in [1.29, 1.82) is 0 Å². The van der Waals surface area contributed by atoms with Crippen molar-refractivity contribution >= 4 is 11.9 Å². The van der Waals surface area contributed by atoms with Crippen LogP contribution in [0.1, 0.15) is 40.0 Å². The third kappa shape index (κ3) is 6.94. The largest absolute Gasteiger partial charge is 0.480 e. The minimum Gasteiger partial charge on any atom is -0.480 e. The minimum atomic E-state index is -0.905. The summed E-state index contributed by atoms with van der Waals surface area (Å²) in [5.41, 5.74) is 0. The van der Waals surface area contributed by atoms with Gasteiger partial charge in [0.2, 0.25) is 5.91 Å². The third-order valence-corrected chi connectivity index (χ3v) is 2.75. The number of carbonyl (C=O) groups excluding carboxylic acids is 1. The predicted molar refractivity (Wildman–Crippen MR) is 66.9 cm³/mol. The van der Waals surface area contributed by atoms with Crippen LogP contribution < -0.4 is 5.32 Å². The molecule has 17 heavy (non-hydrogen) atoms. The molecule has 0 aliphatic carbocycles. The molecule has 0 aromatic carbocycles. The van der Waals surface area contributed by atoms with E-state index in [-0.39, 0.29) is 12.5 Å². The maximum Gasteiger partial charge on any atom is 0.317 e. The van der Waals surface area contributed by atoms with Gasteiger partial charge in [-0.15, -0.1) is 0 Å². The first kappa shape index (κ1) is 15.9. The van der Waals surface area contributed by atoms with Crippen LogP contribution in [0, 0.1) is 0 Å². The molecule has 0 aromatic heterocycles. The summed E-state index contributed by atoms with van der Waals surface area (Å²) < 4.78 is 0. The number of carboxylic acids is 1. The molecule has 0 aliphatic heterocycles. The molecule has 0 aromatic rings. The number of likely N-dealkylation sites (N-methyl/N-ethyl adjacent to an activating group) is 1. The number of unbranched alkanes of at least 4 members (excludes halogenated alkanes) is 2. The molecular formula is C12H24N2O3. The number of hydrogen-bond donors (Lipinski definition) is 2. The quantitative estimate of drug-likeness (QED) is 0.596. The Bertz CT molecular complexity index is 244. The number of nitrogens with one attached hydrogen (secondary N) is 1. The number of rotatable bonds is 9. The molecule has 0 fully saturated rings. The van der Waals surface area contributed by atoms with E-state index < -0.39 is 12.0 Å². The van der Waals surface area contributed by atoms with Crippen LogP contribution in [0.5, 0.6) is 0 Å². The first-order valence-corrected chi connectivity index (χ1v) is 6.26. The van der Waals surface area contributed by atoms with Crippen LogP contribution in [0.15, 0.2) is 0 Å². The van der Waals surface area contributed by atoms with Crippen molar-refractivity contribution in [3.63, 3.8) is 0 Å². The maximum atomic E-state index is 11.7. The van der Waals surface area contributed by atoms with E-state index >= 15 is 0 Å². The lowest BCUT2D eigenvalue weighted by atomic mass is 10.2.